The number of allylic oxidation sites excluding steroid dienone is 4. The highest BCUT2D eigenvalue weighted by molar-refractivity contribution is 8.55. The number of carbonyl (C=O) groups excluding carboxylic acids is 1. The molecule has 4 bridgehead atoms. The van der Waals surface area contributed by atoms with Crippen LogP contribution in [-0.2, 0) is 27.9 Å². The van der Waals surface area contributed by atoms with Gasteiger partial charge in [0.1, 0.15) is 12.7 Å². The molecule has 0 saturated heterocycles. The summed E-state index contributed by atoms with van der Waals surface area (Å²) in [6, 6.07) is 0. The van der Waals surface area contributed by atoms with Gasteiger partial charge in [-0.2, -0.15) is 0 Å². The van der Waals surface area contributed by atoms with Gasteiger partial charge in [-0.1, -0.05) is 24.3 Å². The summed E-state index contributed by atoms with van der Waals surface area (Å²) in [4.78, 5) is 12.7. The number of hydrogen-bond acceptors (Lipinski definition) is 8. The number of aliphatic hydroxyl groups is 1. The Hall–Kier alpha value is -0.630. The minimum absolute atomic E-state index is 0.00932. The maximum absolute atomic E-state index is 12.9. The third-order valence-electron chi connectivity index (χ3n) is 7.01. The SMILES string of the molecule is CCOP(=O)(OCC)SCC(COC(=O)C1CC2C=CC1C2)OC(O)C1CC2C=CC1C2. The van der Waals surface area contributed by atoms with Crippen molar-refractivity contribution in [3.63, 3.8) is 0 Å². The van der Waals surface area contributed by atoms with Gasteiger partial charge in [-0.25, -0.2) is 4.57 Å². The van der Waals surface area contributed by atoms with Crippen LogP contribution < -0.4 is 0 Å². The summed E-state index contributed by atoms with van der Waals surface area (Å²) in [6.07, 6.45) is 10.9. The molecule has 7 nitrogen and oxygen atoms in total. The number of esters is 1. The first-order valence-electron chi connectivity index (χ1n) is 11.8. The third kappa shape index (κ3) is 5.70. The molecule has 0 heterocycles. The van der Waals surface area contributed by atoms with Crippen molar-refractivity contribution in [1.29, 1.82) is 0 Å². The molecule has 0 amide bonds. The van der Waals surface area contributed by atoms with Gasteiger partial charge in [0.15, 0.2) is 6.29 Å². The van der Waals surface area contributed by atoms with Crippen LogP contribution in [-0.4, -0.2) is 49.0 Å². The predicted octanol–water partition coefficient (Wildman–Crippen LogP) is 4.57. The summed E-state index contributed by atoms with van der Waals surface area (Å²) in [6.45, 7) is 0.731. The Balaban J connectivity index is 1.35. The minimum atomic E-state index is -3.34. The van der Waals surface area contributed by atoms with Gasteiger partial charge in [-0.3, -0.25) is 4.79 Å². The second-order valence-electron chi connectivity index (χ2n) is 9.19. The summed E-state index contributed by atoms with van der Waals surface area (Å²) >= 11 is 1.04. The molecule has 2 fully saturated rings. The fourth-order valence-electron chi connectivity index (χ4n) is 5.51. The van der Waals surface area contributed by atoms with Gasteiger partial charge >= 0.3 is 12.8 Å². The maximum atomic E-state index is 12.9. The standard InChI is InChI=1S/C23H35O7PS/c1-3-28-31(26,29-4-2)32-14-19(30-23(25)21-12-16-6-8-18(21)10-16)13-27-22(24)20-11-15-5-7-17(20)9-15/h5-8,15-21,23,25H,3-4,9-14H2,1-2H3. The summed E-state index contributed by atoms with van der Waals surface area (Å²) in [7, 11) is 0. The molecule has 0 aromatic carbocycles. The molecule has 0 aliphatic heterocycles. The Kier molecular flexibility index (Phi) is 8.23. The molecule has 32 heavy (non-hydrogen) atoms. The van der Waals surface area contributed by atoms with E-state index in [0.717, 1.165) is 37.1 Å². The van der Waals surface area contributed by atoms with Crippen molar-refractivity contribution in [2.45, 2.75) is 51.9 Å². The Labute approximate surface area is 194 Å². The lowest BCUT2D eigenvalue weighted by atomic mass is 9.93. The number of rotatable bonds is 13. The van der Waals surface area contributed by atoms with E-state index in [1.165, 1.54) is 0 Å². The highest BCUT2D eigenvalue weighted by Crippen LogP contribution is 2.60. The van der Waals surface area contributed by atoms with E-state index in [1.54, 1.807) is 13.8 Å². The fourth-order valence-corrected chi connectivity index (χ4v) is 9.02. The van der Waals surface area contributed by atoms with Crippen LogP contribution in [0, 0.1) is 35.5 Å². The zero-order valence-electron chi connectivity index (χ0n) is 18.8. The van der Waals surface area contributed by atoms with E-state index in [-0.39, 0.29) is 49.3 Å². The van der Waals surface area contributed by atoms with E-state index in [1.807, 2.05) is 0 Å². The highest BCUT2D eigenvalue weighted by atomic mass is 32.7. The molecule has 4 rings (SSSR count). The lowest BCUT2D eigenvalue weighted by molar-refractivity contribution is -0.183. The molecule has 4 aliphatic carbocycles. The first-order chi connectivity index (χ1) is 15.4. The zero-order chi connectivity index (χ0) is 22.7. The van der Waals surface area contributed by atoms with Crippen molar-refractivity contribution in [3.05, 3.63) is 24.3 Å². The van der Waals surface area contributed by atoms with Crippen molar-refractivity contribution < 1.29 is 33.0 Å². The summed E-state index contributed by atoms with van der Waals surface area (Å²) in [5, 5.41) is 10.8. The van der Waals surface area contributed by atoms with Crippen LogP contribution in [0.2, 0.25) is 0 Å². The lowest BCUT2D eigenvalue weighted by Gasteiger charge is -2.29. The summed E-state index contributed by atoms with van der Waals surface area (Å²) in [5.41, 5.74) is 0. The van der Waals surface area contributed by atoms with E-state index in [9.17, 15) is 14.5 Å². The van der Waals surface area contributed by atoms with E-state index >= 15 is 0 Å². The average Bonchev–Trinajstić information content (AvgIpc) is 3.57. The molecule has 0 radical (unpaired) electrons. The molecular weight excluding hydrogens is 451 g/mol. The molecule has 8 unspecified atom stereocenters. The van der Waals surface area contributed by atoms with E-state index < -0.39 is 19.2 Å². The Bertz CT molecular complexity index is 761. The van der Waals surface area contributed by atoms with Crippen molar-refractivity contribution in [2.24, 2.45) is 35.5 Å². The monoisotopic (exact) mass is 486 g/mol. The van der Waals surface area contributed by atoms with Crippen molar-refractivity contribution in [3.8, 4) is 0 Å². The van der Waals surface area contributed by atoms with Gasteiger partial charge in [-0.15, -0.1) is 0 Å². The molecule has 180 valence electrons. The normalized spacial score (nSPS) is 34.3. The molecule has 9 heteroatoms. The predicted molar refractivity (Wildman–Crippen MR) is 123 cm³/mol. The van der Waals surface area contributed by atoms with Gasteiger partial charge in [-0.05, 0) is 74.6 Å². The van der Waals surface area contributed by atoms with Gasteiger partial charge < -0.3 is 23.6 Å². The molecule has 4 aliphatic rings. The first-order valence-corrected chi connectivity index (χ1v) is 14.9. The topological polar surface area (TPSA) is 91.3 Å². The van der Waals surface area contributed by atoms with Gasteiger partial charge in [0.2, 0.25) is 0 Å². The van der Waals surface area contributed by atoms with Crippen LogP contribution in [0.1, 0.15) is 39.5 Å². The molecule has 0 aromatic heterocycles. The van der Waals surface area contributed by atoms with Gasteiger partial charge in [0, 0.05) is 11.7 Å². The van der Waals surface area contributed by atoms with Gasteiger partial charge in [0.05, 0.1) is 19.1 Å². The summed E-state index contributed by atoms with van der Waals surface area (Å²) < 4.78 is 35.2. The molecular formula is C23H35O7PS. The minimum Gasteiger partial charge on any atom is -0.463 e. The number of hydrogen-bond donors (Lipinski definition) is 1. The lowest BCUT2D eigenvalue weighted by Crippen LogP contribution is -2.36. The molecule has 0 aromatic rings. The van der Waals surface area contributed by atoms with E-state index in [4.69, 9.17) is 18.5 Å². The summed E-state index contributed by atoms with van der Waals surface area (Å²) in [5.74, 6) is 1.54. The van der Waals surface area contributed by atoms with Crippen LogP contribution >= 0.6 is 18.2 Å². The van der Waals surface area contributed by atoms with Crippen LogP contribution in [0.3, 0.4) is 0 Å². The molecule has 0 spiro atoms. The number of ether oxygens (including phenoxy) is 2. The largest absolute Gasteiger partial charge is 0.463 e. The maximum Gasteiger partial charge on any atom is 0.389 e. The third-order valence-corrected chi connectivity index (χ3v) is 11.0. The number of carbonyl (C=O) groups is 1. The number of aliphatic hydroxyl groups excluding tert-OH is 1. The van der Waals surface area contributed by atoms with Crippen LogP contribution in [0.25, 0.3) is 0 Å². The Morgan fingerprint density at radius 1 is 1.03 bits per heavy atom. The zero-order valence-corrected chi connectivity index (χ0v) is 20.5. The van der Waals surface area contributed by atoms with Crippen LogP contribution in [0.5, 0.6) is 0 Å². The van der Waals surface area contributed by atoms with Crippen molar-refractivity contribution in [2.75, 3.05) is 25.6 Å². The average molecular weight is 487 g/mol. The van der Waals surface area contributed by atoms with E-state index in [2.05, 4.69) is 24.3 Å². The van der Waals surface area contributed by atoms with E-state index in [0.29, 0.717) is 17.8 Å². The number of fused-ring (bicyclic) bond motifs is 4. The van der Waals surface area contributed by atoms with Gasteiger partial charge in [0.25, 0.3) is 0 Å². The Morgan fingerprint density at radius 2 is 1.69 bits per heavy atom. The van der Waals surface area contributed by atoms with Crippen molar-refractivity contribution in [1.82, 2.24) is 0 Å². The van der Waals surface area contributed by atoms with Crippen LogP contribution in [0.15, 0.2) is 24.3 Å². The highest BCUT2D eigenvalue weighted by Gasteiger charge is 2.43. The second-order valence-corrected chi connectivity index (χ2v) is 13.3. The quantitative estimate of drug-likeness (QED) is 0.175. The van der Waals surface area contributed by atoms with Crippen molar-refractivity contribution >= 4 is 24.1 Å². The fraction of sp³-hybridized carbons (Fsp3) is 0.783. The second kappa shape index (κ2) is 10.7. The Morgan fingerprint density at radius 3 is 2.22 bits per heavy atom. The first kappa shape index (κ1) is 24.5. The molecule has 2 saturated carbocycles. The molecule has 1 N–H and O–H groups in total. The molecule has 8 atom stereocenters. The van der Waals surface area contributed by atoms with Crippen LogP contribution in [0.4, 0.5) is 0 Å². The smallest absolute Gasteiger partial charge is 0.389 e.